The number of pyridine rings is 2. The number of halogens is 1. The second kappa shape index (κ2) is 7.20. The van der Waals surface area contributed by atoms with Crippen LogP contribution in [0.3, 0.4) is 0 Å². The molecule has 4 aromatic rings. The highest BCUT2D eigenvalue weighted by atomic mass is 19.1. The maximum Gasteiger partial charge on any atom is 0.273 e. The molecule has 0 radical (unpaired) electrons. The number of nitrogens with one attached hydrogen (secondary N) is 1. The molecule has 0 saturated carbocycles. The summed E-state index contributed by atoms with van der Waals surface area (Å²) in [7, 11) is 0. The van der Waals surface area contributed by atoms with E-state index in [0.29, 0.717) is 5.69 Å². The number of rotatable bonds is 3. The largest absolute Gasteiger partial charge is 0.506 e. The molecule has 0 aliphatic rings. The molecule has 2 aromatic carbocycles. The molecule has 0 aliphatic carbocycles. The van der Waals surface area contributed by atoms with Crippen LogP contribution in [0.25, 0.3) is 16.7 Å². The van der Waals surface area contributed by atoms with E-state index in [2.05, 4.69) is 10.3 Å². The number of amides is 1. The third-order valence-electron chi connectivity index (χ3n) is 4.59. The fourth-order valence-electron chi connectivity index (χ4n) is 3.16. The molecular formula is C22H16FN3O3. The number of hydrogen-bond acceptors (Lipinski definition) is 4. The lowest BCUT2D eigenvalue weighted by atomic mass is 10.1. The van der Waals surface area contributed by atoms with Gasteiger partial charge in [0.1, 0.15) is 17.1 Å². The number of fused-ring (bicyclic) bond motifs is 1. The van der Waals surface area contributed by atoms with Crippen molar-refractivity contribution in [2.75, 3.05) is 5.32 Å². The summed E-state index contributed by atoms with van der Waals surface area (Å²) in [6, 6.07) is 15.6. The molecule has 0 bridgehead atoms. The average molecular weight is 389 g/mol. The molecule has 4 rings (SSSR count). The number of aromatic hydroxyl groups is 1. The summed E-state index contributed by atoms with van der Waals surface area (Å²) in [5.74, 6) is -1.79. The Morgan fingerprint density at radius 1 is 1.10 bits per heavy atom. The molecule has 2 heterocycles. The molecule has 0 spiro atoms. The second-order valence-corrected chi connectivity index (χ2v) is 6.49. The summed E-state index contributed by atoms with van der Waals surface area (Å²) < 4.78 is 14.9. The van der Waals surface area contributed by atoms with Crippen molar-refractivity contribution in [3.63, 3.8) is 0 Å². The van der Waals surface area contributed by atoms with Gasteiger partial charge in [-0.15, -0.1) is 0 Å². The van der Waals surface area contributed by atoms with Gasteiger partial charge in [0.15, 0.2) is 5.65 Å². The van der Waals surface area contributed by atoms with E-state index in [9.17, 15) is 19.1 Å². The van der Waals surface area contributed by atoms with Crippen molar-refractivity contribution >= 4 is 22.6 Å². The van der Waals surface area contributed by atoms with Crippen molar-refractivity contribution in [3.05, 3.63) is 94.2 Å². The van der Waals surface area contributed by atoms with Gasteiger partial charge in [0.2, 0.25) is 0 Å². The van der Waals surface area contributed by atoms with E-state index in [-0.39, 0.29) is 16.7 Å². The van der Waals surface area contributed by atoms with Crippen LogP contribution in [0.2, 0.25) is 0 Å². The highest BCUT2D eigenvalue weighted by Gasteiger charge is 2.24. The predicted molar refractivity (Wildman–Crippen MR) is 108 cm³/mol. The number of carbonyl (C=O) groups is 1. The molecule has 0 aliphatic heterocycles. The SMILES string of the molecule is Cc1ccccc1NC(=O)c1c(O)c2cccnc2n(-c2cccc(F)c2)c1=O. The van der Waals surface area contributed by atoms with Crippen LogP contribution in [0.5, 0.6) is 5.75 Å². The van der Waals surface area contributed by atoms with Crippen LogP contribution in [0.15, 0.2) is 71.7 Å². The minimum absolute atomic E-state index is 0.119. The molecule has 7 heteroatoms. The van der Waals surface area contributed by atoms with Gasteiger partial charge >= 0.3 is 0 Å². The third kappa shape index (κ3) is 3.23. The Balaban J connectivity index is 1.97. The van der Waals surface area contributed by atoms with Crippen molar-refractivity contribution in [1.29, 1.82) is 0 Å². The lowest BCUT2D eigenvalue weighted by molar-refractivity contribution is 0.102. The second-order valence-electron chi connectivity index (χ2n) is 6.49. The third-order valence-corrected chi connectivity index (χ3v) is 4.59. The van der Waals surface area contributed by atoms with Crippen LogP contribution < -0.4 is 10.9 Å². The van der Waals surface area contributed by atoms with Crippen LogP contribution in [0, 0.1) is 12.7 Å². The van der Waals surface area contributed by atoms with E-state index >= 15 is 0 Å². The topological polar surface area (TPSA) is 84.2 Å². The van der Waals surface area contributed by atoms with E-state index in [0.717, 1.165) is 16.2 Å². The van der Waals surface area contributed by atoms with E-state index in [1.54, 1.807) is 18.2 Å². The van der Waals surface area contributed by atoms with E-state index in [4.69, 9.17) is 0 Å². The summed E-state index contributed by atoms with van der Waals surface area (Å²) >= 11 is 0. The molecule has 0 atom stereocenters. The first-order valence-electron chi connectivity index (χ1n) is 8.83. The van der Waals surface area contributed by atoms with E-state index in [1.165, 1.54) is 30.5 Å². The average Bonchev–Trinajstić information content (AvgIpc) is 2.70. The Hall–Kier alpha value is -4.00. The van der Waals surface area contributed by atoms with Crippen LogP contribution in [-0.4, -0.2) is 20.6 Å². The van der Waals surface area contributed by atoms with Crippen LogP contribution in [-0.2, 0) is 0 Å². The minimum atomic E-state index is -0.801. The number of aromatic nitrogens is 2. The number of para-hydroxylation sites is 1. The van der Waals surface area contributed by atoms with E-state index < -0.39 is 28.6 Å². The van der Waals surface area contributed by atoms with Crippen LogP contribution in [0.4, 0.5) is 10.1 Å². The molecule has 2 N–H and O–H groups in total. The number of carbonyl (C=O) groups excluding carboxylic acids is 1. The van der Waals surface area contributed by atoms with Crippen LogP contribution >= 0.6 is 0 Å². The number of aryl methyl sites for hydroxylation is 1. The number of nitrogens with zero attached hydrogens (tertiary/aromatic N) is 2. The summed E-state index contributed by atoms with van der Waals surface area (Å²) in [6.45, 7) is 1.81. The normalized spacial score (nSPS) is 10.8. The monoisotopic (exact) mass is 389 g/mol. The smallest absolute Gasteiger partial charge is 0.273 e. The van der Waals surface area contributed by atoms with Gasteiger partial charge in [-0.1, -0.05) is 24.3 Å². The fraction of sp³-hybridized carbons (Fsp3) is 0.0455. The summed E-state index contributed by atoms with van der Waals surface area (Å²) in [4.78, 5) is 30.3. The Kier molecular flexibility index (Phi) is 4.56. The van der Waals surface area contributed by atoms with Gasteiger partial charge < -0.3 is 10.4 Å². The zero-order valence-electron chi connectivity index (χ0n) is 15.4. The van der Waals surface area contributed by atoms with Gasteiger partial charge in [-0.05, 0) is 48.9 Å². The first-order chi connectivity index (χ1) is 14.0. The quantitative estimate of drug-likeness (QED) is 0.558. The highest BCUT2D eigenvalue weighted by Crippen LogP contribution is 2.27. The summed E-state index contributed by atoms with van der Waals surface area (Å²) in [5.41, 5.74) is 0.383. The Morgan fingerprint density at radius 2 is 1.90 bits per heavy atom. The molecule has 144 valence electrons. The lowest BCUT2D eigenvalue weighted by Gasteiger charge is -2.15. The Bertz CT molecular complexity index is 1310. The van der Waals surface area contributed by atoms with Crippen molar-refractivity contribution < 1.29 is 14.3 Å². The summed E-state index contributed by atoms with van der Waals surface area (Å²) in [5, 5.41) is 13.5. The molecule has 0 fully saturated rings. The number of hydrogen-bond donors (Lipinski definition) is 2. The van der Waals surface area contributed by atoms with E-state index in [1.807, 2.05) is 19.1 Å². The number of anilines is 1. The minimum Gasteiger partial charge on any atom is -0.506 e. The summed E-state index contributed by atoms with van der Waals surface area (Å²) in [6.07, 6.45) is 1.45. The zero-order valence-corrected chi connectivity index (χ0v) is 15.4. The Morgan fingerprint density at radius 3 is 2.66 bits per heavy atom. The molecule has 29 heavy (non-hydrogen) atoms. The standard InChI is InChI=1S/C22H16FN3O3/c1-13-6-2-3-10-17(13)25-21(28)18-19(27)16-9-5-11-24-20(16)26(22(18)29)15-8-4-7-14(23)12-15/h2-12,27H,1H3,(H,25,28). The molecule has 2 aromatic heterocycles. The molecule has 1 amide bonds. The predicted octanol–water partition coefficient (Wildman–Crippen LogP) is 3.79. The molecular weight excluding hydrogens is 373 g/mol. The maximum absolute atomic E-state index is 13.8. The van der Waals surface area contributed by atoms with Crippen LogP contribution in [0.1, 0.15) is 15.9 Å². The van der Waals surface area contributed by atoms with Crippen molar-refractivity contribution in [2.24, 2.45) is 0 Å². The van der Waals surface area contributed by atoms with Gasteiger partial charge in [0.25, 0.3) is 11.5 Å². The van der Waals surface area contributed by atoms with Crippen molar-refractivity contribution in [2.45, 2.75) is 6.92 Å². The van der Waals surface area contributed by atoms with Gasteiger partial charge in [0.05, 0.1) is 11.1 Å². The zero-order chi connectivity index (χ0) is 20.5. The van der Waals surface area contributed by atoms with Gasteiger partial charge in [-0.25, -0.2) is 9.37 Å². The van der Waals surface area contributed by atoms with Gasteiger partial charge in [-0.2, -0.15) is 0 Å². The highest BCUT2D eigenvalue weighted by molar-refractivity contribution is 6.09. The Labute approximate surface area is 164 Å². The molecule has 0 saturated heterocycles. The fourth-order valence-corrected chi connectivity index (χ4v) is 3.16. The lowest BCUT2D eigenvalue weighted by Crippen LogP contribution is -2.29. The van der Waals surface area contributed by atoms with Crippen molar-refractivity contribution in [3.8, 4) is 11.4 Å². The molecule has 0 unspecified atom stereocenters. The maximum atomic E-state index is 13.8. The number of benzene rings is 2. The van der Waals surface area contributed by atoms with Gasteiger partial charge in [0, 0.05) is 11.9 Å². The first kappa shape index (κ1) is 18.4. The van der Waals surface area contributed by atoms with Gasteiger partial charge in [-0.3, -0.25) is 14.2 Å². The molecule has 6 nitrogen and oxygen atoms in total. The van der Waals surface area contributed by atoms with Crippen molar-refractivity contribution in [1.82, 2.24) is 9.55 Å². The first-order valence-corrected chi connectivity index (χ1v) is 8.83.